The predicted molar refractivity (Wildman–Crippen MR) is 108 cm³/mol. The second kappa shape index (κ2) is 13.8. The van der Waals surface area contributed by atoms with E-state index < -0.39 is 0 Å². The lowest BCUT2D eigenvalue weighted by Gasteiger charge is -2.12. The minimum atomic E-state index is 0. The van der Waals surface area contributed by atoms with Crippen molar-refractivity contribution in [2.75, 3.05) is 33.4 Å². The van der Waals surface area contributed by atoms with Gasteiger partial charge in [0.1, 0.15) is 5.15 Å². The molecule has 0 bridgehead atoms. The van der Waals surface area contributed by atoms with Gasteiger partial charge in [0, 0.05) is 39.5 Å². The average molecular weight is 455 g/mol. The SMILES string of the molecule is CN=C(NCCCOCC(C)C)NCCc1ccc(Cl)nc1.I. The van der Waals surface area contributed by atoms with Crippen LogP contribution in [-0.2, 0) is 11.2 Å². The first-order valence-corrected chi connectivity index (χ1v) is 8.12. The van der Waals surface area contributed by atoms with Crippen molar-refractivity contribution in [3.8, 4) is 0 Å². The molecule has 0 unspecified atom stereocenters. The fourth-order valence-electron chi connectivity index (χ4n) is 1.80. The molecule has 1 aromatic rings. The molecule has 0 spiro atoms. The lowest BCUT2D eigenvalue weighted by Crippen LogP contribution is -2.39. The third-order valence-electron chi connectivity index (χ3n) is 2.93. The van der Waals surface area contributed by atoms with Gasteiger partial charge < -0.3 is 15.4 Å². The average Bonchev–Trinajstić information content (AvgIpc) is 2.50. The number of pyridine rings is 1. The number of aliphatic imine (C=N–C) groups is 1. The molecular weight excluding hydrogens is 427 g/mol. The fraction of sp³-hybridized carbons (Fsp3) is 0.625. The maximum absolute atomic E-state index is 5.76. The molecular formula is C16H28ClIN4O. The number of aromatic nitrogens is 1. The van der Waals surface area contributed by atoms with Crippen LogP contribution in [0.4, 0.5) is 0 Å². The smallest absolute Gasteiger partial charge is 0.190 e. The van der Waals surface area contributed by atoms with E-state index in [1.54, 1.807) is 19.3 Å². The van der Waals surface area contributed by atoms with Gasteiger partial charge in [-0.05, 0) is 30.4 Å². The minimum absolute atomic E-state index is 0. The summed E-state index contributed by atoms with van der Waals surface area (Å²) in [6.07, 6.45) is 3.64. The summed E-state index contributed by atoms with van der Waals surface area (Å²) in [4.78, 5) is 8.26. The molecule has 132 valence electrons. The molecule has 0 saturated heterocycles. The Kier molecular flexibility index (Phi) is 13.4. The van der Waals surface area contributed by atoms with Gasteiger partial charge in [-0.15, -0.1) is 24.0 Å². The normalized spacial score (nSPS) is 11.3. The maximum atomic E-state index is 5.76. The largest absolute Gasteiger partial charge is 0.381 e. The van der Waals surface area contributed by atoms with Crippen molar-refractivity contribution in [3.05, 3.63) is 29.0 Å². The van der Waals surface area contributed by atoms with Gasteiger partial charge in [0.15, 0.2) is 5.96 Å². The topological polar surface area (TPSA) is 58.5 Å². The Labute approximate surface area is 161 Å². The first-order chi connectivity index (χ1) is 10.6. The van der Waals surface area contributed by atoms with E-state index in [1.807, 2.05) is 6.07 Å². The zero-order chi connectivity index (χ0) is 16.2. The van der Waals surface area contributed by atoms with Gasteiger partial charge in [-0.25, -0.2) is 4.98 Å². The molecule has 1 rings (SSSR count). The number of halogens is 2. The van der Waals surface area contributed by atoms with Crippen LogP contribution in [0.15, 0.2) is 23.3 Å². The van der Waals surface area contributed by atoms with Gasteiger partial charge in [-0.1, -0.05) is 31.5 Å². The van der Waals surface area contributed by atoms with E-state index >= 15 is 0 Å². The molecule has 1 aromatic heterocycles. The van der Waals surface area contributed by atoms with E-state index in [0.29, 0.717) is 11.1 Å². The zero-order valence-electron chi connectivity index (χ0n) is 14.1. The highest BCUT2D eigenvalue weighted by molar-refractivity contribution is 14.0. The van der Waals surface area contributed by atoms with Crippen LogP contribution in [0.3, 0.4) is 0 Å². The Hall–Kier alpha value is -0.600. The van der Waals surface area contributed by atoms with Gasteiger partial charge in [0.25, 0.3) is 0 Å². The van der Waals surface area contributed by atoms with E-state index in [9.17, 15) is 0 Å². The van der Waals surface area contributed by atoms with Crippen molar-refractivity contribution in [2.24, 2.45) is 10.9 Å². The number of hydrogen-bond acceptors (Lipinski definition) is 3. The highest BCUT2D eigenvalue weighted by Gasteiger charge is 1.99. The van der Waals surface area contributed by atoms with E-state index in [-0.39, 0.29) is 24.0 Å². The standard InChI is InChI=1S/C16H27ClN4O.HI/c1-13(2)12-22-10-4-8-19-16(18-3)20-9-7-14-5-6-15(17)21-11-14;/h5-6,11,13H,4,7-10,12H2,1-3H3,(H2,18,19,20);1H. The van der Waals surface area contributed by atoms with Crippen LogP contribution in [0.25, 0.3) is 0 Å². The van der Waals surface area contributed by atoms with Crippen molar-refractivity contribution in [2.45, 2.75) is 26.7 Å². The molecule has 0 fully saturated rings. The third-order valence-corrected chi connectivity index (χ3v) is 3.15. The van der Waals surface area contributed by atoms with Gasteiger partial charge in [-0.2, -0.15) is 0 Å². The molecule has 0 aliphatic carbocycles. The van der Waals surface area contributed by atoms with Crippen molar-refractivity contribution in [3.63, 3.8) is 0 Å². The van der Waals surface area contributed by atoms with E-state index in [1.165, 1.54) is 0 Å². The van der Waals surface area contributed by atoms with Crippen molar-refractivity contribution in [1.82, 2.24) is 15.6 Å². The van der Waals surface area contributed by atoms with Crippen LogP contribution < -0.4 is 10.6 Å². The Bertz CT molecular complexity index is 440. The van der Waals surface area contributed by atoms with E-state index in [2.05, 4.69) is 34.5 Å². The summed E-state index contributed by atoms with van der Waals surface area (Å²) in [5.74, 6) is 1.40. The van der Waals surface area contributed by atoms with Crippen LogP contribution in [0.2, 0.25) is 5.15 Å². The molecule has 5 nitrogen and oxygen atoms in total. The Balaban J connectivity index is 0.00000484. The quantitative estimate of drug-likeness (QED) is 0.198. The molecule has 0 atom stereocenters. The molecule has 0 amide bonds. The van der Waals surface area contributed by atoms with Crippen LogP contribution in [0.1, 0.15) is 25.8 Å². The monoisotopic (exact) mass is 454 g/mol. The first kappa shape index (κ1) is 22.4. The zero-order valence-corrected chi connectivity index (χ0v) is 17.2. The summed E-state index contributed by atoms with van der Waals surface area (Å²) in [7, 11) is 1.77. The molecule has 23 heavy (non-hydrogen) atoms. The van der Waals surface area contributed by atoms with Gasteiger partial charge >= 0.3 is 0 Å². The summed E-state index contributed by atoms with van der Waals surface area (Å²) in [5.41, 5.74) is 1.15. The summed E-state index contributed by atoms with van der Waals surface area (Å²) in [6, 6.07) is 3.79. The molecule has 0 saturated carbocycles. The maximum Gasteiger partial charge on any atom is 0.190 e. The highest BCUT2D eigenvalue weighted by Crippen LogP contribution is 2.05. The van der Waals surface area contributed by atoms with Gasteiger partial charge in [-0.3, -0.25) is 4.99 Å². The van der Waals surface area contributed by atoms with Gasteiger partial charge in [0.2, 0.25) is 0 Å². The predicted octanol–water partition coefficient (Wildman–Crippen LogP) is 3.12. The lowest BCUT2D eigenvalue weighted by atomic mass is 10.2. The number of ether oxygens (including phenoxy) is 1. The number of rotatable bonds is 9. The van der Waals surface area contributed by atoms with Crippen LogP contribution in [0, 0.1) is 5.92 Å². The highest BCUT2D eigenvalue weighted by atomic mass is 127. The number of nitrogens with one attached hydrogen (secondary N) is 2. The molecule has 0 radical (unpaired) electrons. The summed E-state index contributed by atoms with van der Waals surface area (Å²) < 4.78 is 5.54. The van der Waals surface area contributed by atoms with Crippen LogP contribution in [-0.4, -0.2) is 44.3 Å². The van der Waals surface area contributed by atoms with Crippen molar-refractivity contribution < 1.29 is 4.74 Å². The second-order valence-corrected chi connectivity index (χ2v) is 5.87. The summed E-state index contributed by atoms with van der Waals surface area (Å²) in [5, 5.41) is 7.08. The summed E-state index contributed by atoms with van der Waals surface area (Å²) >= 11 is 5.76. The molecule has 0 aromatic carbocycles. The third kappa shape index (κ3) is 11.6. The number of hydrogen-bond donors (Lipinski definition) is 2. The molecule has 0 aliphatic rings. The lowest BCUT2D eigenvalue weighted by molar-refractivity contribution is 0.108. The van der Waals surface area contributed by atoms with Crippen molar-refractivity contribution >= 4 is 41.5 Å². The minimum Gasteiger partial charge on any atom is -0.381 e. The molecule has 2 N–H and O–H groups in total. The molecule has 7 heteroatoms. The van der Waals surface area contributed by atoms with E-state index in [4.69, 9.17) is 16.3 Å². The Morgan fingerprint density at radius 2 is 2.04 bits per heavy atom. The number of nitrogens with zero attached hydrogens (tertiary/aromatic N) is 2. The first-order valence-electron chi connectivity index (χ1n) is 7.74. The fourth-order valence-corrected chi connectivity index (χ4v) is 1.91. The number of guanidine groups is 1. The second-order valence-electron chi connectivity index (χ2n) is 5.49. The molecule has 1 heterocycles. The Morgan fingerprint density at radius 3 is 2.65 bits per heavy atom. The van der Waals surface area contributed by atoms with Gasteiger partial charge in [0.05, 0.1) is 0 Å². The summed E-state index contributed by atoms with van der Waals surface area (Å²) in [6.45, 7) is 7.55. The van der Waals surface area contributed by atoms with Crippen LogP contribution in [0.5, 0.6) is 0 Å². The molecule has 0 aliphatic heterocycles. The Morgan fingerprint density at radius 1 is 1.30 bits per heavy atom. The van der Waals surface area contributed by atoms with E-state index in [0.717, 1.165) is 50.7 Å². The van der Waals surface area contributed by atoms with Crippen LogP contribution >= 0.6 is 35.6 Å². The van der Waals surface area contributed by atoms with Crippen molar-refractivity contribution in [1.29, 1.82) is 0 Å².